The number of benzene rings is 2. The number of hydrogen-bond acceptors (Lipinski definition) is 7. The smallest absolute Gasteiger partial charge is 0.264 e. The molecule has 1 N–H and O–H groups in total. The number of sulfonamides is 1. The lowest BCUT2D eigenvalue weighted by Crippen LogP contribution is -2.45. The van der Waals surface area contributed by atoms with Gasteiger partial charge in [0.2, 0.25) is 5.91 Å². The van der Waals surface area contributed by atoms with E-state index in [9.17, 15) is 13.2 Å². The van der Waals surface area contributed by atoms with E-state index in [2.05, 4.69) is 22.2 Å². The van der Waals surface area contributed by atoms with Gasteiger partial charge < -0.3 is 19.9 Å². The number of hydrogen-bond donors (Lipinski definition) is 1. The Morgan fingerprint density at radius 2 is 1.77 bits per heavy atom. The van der Waals surface area contributed by atoms with Gasteiger partial charge in [0.15, 0.2) is 0 Å². The third-order valence-corrected chi connectivity index (χ3v) is 8.46. The van der Waals surface area contributed by atoms with Crippen LogP contribution in [0.1, 0.15) is 13.3 Å². The molecule has 35 heavy (non-hydrogen) atoms. The zero-order valence-corrected chi connectivity index (χ0v) is 22.4. The zero-order chi connectivity index (χ0) is 25.3. The average Bonchev–Trinajstić information content (AvgIpc) is 2.87. The molecule has 0 aliphatic carbocycles. The number of piperazine rings is 1. The number of para-hydroxylation sites is 2. The first-order chi connectivity index (χ1) is 16.8. The van der Waals surface area contributed by atoms with Gasteiger partial charge in [-0.15, -0.1) is 11.8 Å². The first-order valence-corrected chi connectivity index (χ1v) is 14.6. The number of thioether (sulfide) groups is 1. The Bertz CT molecular complexity index is 1060. The number of likely N-dealkylation sites (N-methyl/N-ethyl adjacent to an activating group) is 1. The molecule has 1 fully saturated rings. The van der Waals surface area contributed by atoms with Gasteiger partial charge in [0.05, 0.1) is 17.2 Å². The number of nitrogens with zero attached hydrogens (tertiary/aromatic N) is 3. The lowest BCUT2D eigenvalue weighted by Gasteiger charge is -2.32. The molecule has 2 aromatic carbocycles. The van der Waals surface area contributed by atoms with E-state index >= 15 is 0 Å². The molecule has 0 atom stereocenters. The summed E-state index contributed by atoms with van der Waals surface area (Å²) in [6.07, 6.45) is 2.75. The van der Waals surface area contributed by atoms with Crippen molar-refractivity contribution in [3.63, 3.8) is 0 Å². The van der Waals surface area contributed by atoms with Gasteiger partial charge in [-0.3, -0.25) is 9.10 Å². The van der Waals surface area contributed by atoms with Crippen molar-refractivity contribution in [2.75, 3.05) is 70.0 Å². The monoisotopic (exact) mass is 520 g/mol. The van der Waals surface area contributed by atoms with Crippen molar-refractivity contribution in [2.45, 2.75) is 23.1 Å². The standard InChI is InChI=1S/C25H36N4O4S2/c1-4-33-24-9-6-5-8-23(24)29(35(31,32)22-12-10-21(34-3)11-13-22)20-25(30)26-14-7-15-28-18-16-27(2)17-19-28/h5-6,8-13H,4,7,14-20H2,1-3H3,(H,26,30). The lowest BCUT2D eigenvalue weighted by atomic mass is 10.3. The number of nitrogens with one attached hydrogen (secondary N) is 1. The minimum atomic E-state index is -4.00. The predicted molar refractivity (Wildman–Crippen MR) is 142 cm³/mol. The fourth-order valence-electron chi connectivity index (χ4n) is 3.90. The molecule has 3 rings (SSSR count). The first-order valence-electron chi connectivity index (χ1n) is 11.9. The molecule has 0 spiro atoms. The summed E-state index contributed by atoms with van der Waals surface area (Å²) in [5.41, 5.74) is 0.343. The van der Waals surface area contributed by atoms with E-state index in [0.29, 0.717) is 24.6 Å². The van der Waals surface area contributed by atoms with Crippen molar-refractivity contribution in [1.82, 2.24) is 15.1 Å². The largest absolute Gasteiger partial charge is 0.492 e. The highest BCUT2D eigenvalue weighted by Gasteiger charge is 2.29. The molecule has 1 aliphatic rings. The highest BCUT2D eigenvalue weighted by Crippen LogP contribution is 2.32. The van der Waals surface area contributed by atoms with E-state index in [4.69, 9.17) is 4.74 Å². The molecular formula is C25H36N4O4S2. The Morgan fingerprint density at radius 1 is 1.09 bits per heavy atom. The molecule has 0 radical (unpaired) electrons. The Hall–Kier alpha value is -2.27. The van der Waals surface area contributed by atoms with Crippen LogP contribution < -0.4 is 14.4 Å². The zero-order valence-electron chi connectivity index (χ0n) is 20.8. The second-order valence-electron chi connectivity index (χ2n) is 8.44. The van der Waals surface area contributed by atoms with Crippen LogP contribution in [0.4, 0.5) is 5.69 Å². The van der Waals surface area contributed by atoms with Crippen molar-refractivity contribution >= 4 is 33.4 Å². The van der Waals surface area contributed by atoms with Crippen molar-refractivity contribution in [3.8, 4) is 5.75 Å². The highest BCUT2D eigenvalue weighted by molar-refractivity contribution is 7.98. The van der Waals surface area contributed by atoms with Crippen molar-refractivity contribution in [1.29, 1.82) is 0 Å². The minimum absolute atomic E-state index is 0.129. The molecule has 0 saturated carbocycles. The molecule has 0 unspecified atom stereocenters. The summed E-state index contributed by atoms with van der Waals surface area (Å²) >= 11 is 1.54. The summed E-state index contributed by atoms with van der Waals surface area (Å²) in [6, 6.07) is 13.6. The van der Waals surface area contributed by atoms with Crippen LogP contribution in [0, 0.1) is 0 Å². The lowest BCUT2D eigenvalue weighted by molar-refractivity contribution is -0.119. The van der Waals surface area contributed by atoms with Crippen LogP contribution >= 0.6 is 11.8 Å². The van der Waals surface area contributed by atoms with E-state index < -0.39 is 10.0 Å². The second-order valence-corrected chi connectivity index (χ2v) is 11.2. The Balaban J connectivity index is 1.72. The van der Waals surface area contributed by atoms with E-state index in [1.165, 1.54) is 11.8 Å². The SMILES string of the molecule is CCOc1ccccc1N(CC(=O)NCCCN1CCN(C)CC1)S(=O)(=O)c1ccc(SC)cc1. The number of amides is 1. The third kappa shape index (κ3) is 7.60. The summed E-state index contributed by atoms with van der Waals surface area (Å²) < 4.78 is 34.2. The summed E-state index contributed by atoms with van der Waals surface area (Å²) in [6.45, 7) is 7.45. The fraction of sp³-hybridized carbons (Fsp3) is 0.480. The van der Waals surface area contributed by atoms with Crippen LogP contribution in [0.5, 0.6) is 5.75 Å². The maximum absolute atomic E-state index is 13.7. The van der Waals surface area contributed by atoms with Crippen molar-refractivity contribution < 1.29 is 17.9 Å². The van der Waals surface area contributed by atoms with E-state index in [1.807, 2.05) is 13.2 Å². The quantitative estimate of drug-likeness (QED) is 0.340. The number of anilines is 1. The molecule has 1 aliphatic heterocycles. The minimum Gasteiger partial charge on any atom is -0.492 e. The van der Waals surface area contributed by atoms with Crippen molar-refractivity contribution in [2.24, 2.45) is 0 Å². The molecule has 8 nitrogen and oxygen atoms in total. The maximum Gasteiger partial charge on any atom is 0.264 e. The normalized spacial score (nSPS) is 15.1. The molecule has 0 bridgehead atoms. The summed E-state index contributed by atoms with van der Waals surface area (Å²) in [4.78, 5) is 18.7. The topological polar surface area (TPSA) is 82.2 Å². The summed E-state index contributed by atoms with van der Waals surface area (Å²) in [5.74, 6) is 0.0705. The summed E-state index contributed by atoms with van der Waals surface area (Å²) in [5, 5.41) is 2.90. The van der Waals surface area contributed by atoms with Gasteiger partial charge in [0, 0.05) is 37.6 Å². The molecule has 0 aromatic heterocycles. The molecular weight excluding hydrogens is 484 g/mol. The molecule has 10 heteroatoms. The number of carbonyl (C=O) groups excluding carboxylic acids is 1. The van der Waals surface area contributed by atoms with Gasteiger partial charge in [-0.1, -0.05) is 12.1 Å². The van der Waals surface area contributed by atoms with E-state index in [0.717, 1.165) is 48.3 Å². The predicted octanol–water partition coefficient (Wildman–Crippen LogP) is 2.76. The average molecular weight is 521 g/mol. The van der Waals surface area contributed by atoms with Crippen LogP contribution in [-0.2, 0) is 14.8 Å². The van der Waals surface area contributed by atoms with Gasteiger partial charge in [-0.2, -0.15) is 0 Å². The van der Waals surface area contributed by atoms with Crippen LogP contribution in [0.25, 0.3) is 0 Å². The molecule has 1 heterocycles. The number of ether oxygens (including phenoxy) is 1. The van der Waals surface area contributed by atoms with Gasteiger partial charge in [0.25, 0.3) is 10.0 Å². The van der Waals surface area contributed by atoms with Crippen molar-refractivity contribution in [3.05, 3.63) is 48.5 Å². The Kier molecular flexibility index (Phi) is 10.3. The van der Waals surface area contributed by atoms with Gasteiger partial charge in [-0.25, -0.2) is 8.42 Å². The van der Waals surface area contributed by atoms with E-state index in [-0.39, 0.29) is 17.3 Å². The molecule has 1 saturated heterocycles. The Labute approximate surface area is 213 Å². The van der Waals surface area contributed by atoms with Crippen LogP contribution in [-0.4, -0.2) is 89.8 Å². The van der Waals surface area contributed by atoms with Gasteiger partial charge in [-0.05, 0) is 69.6 Å². The van der Waals surface area contributed by atoms with E-state index in [1.54, 1.807) is 48.5 Å². The fourth-order valence-corrected chi connectivity index (χ4v) is 5.74. The Morgan fingerprint density at radius 3 is 2.43 bits per heavy atom. The van der Waals surface area contributed by atoms with Gasteiger partial charge in [0.1, 0.15) is 12.3 Å². The first kappa shape index (κ1) is 27.3. The molecule has 1 amide bonds. The number of rotatable bonds is 12. The van der Waals surface area contributed by atoms with Gasteiger partial charge >= 0.3 is 0 Å². The summed E-state index contributed by atoms with van der Waals surface area (Å²) in [7, 11) is -1.87. The van der Waals surface area contributed by atoms with Crippen LogP contribution in [0.2, 0.25) is 0 Å². The van der Waals surface area contributed by atoms with Crippen LogP contribution in [0.3, 0.4) is 0 Å². The molecule has 192 valence electrons. The molecule has 2 aromatic rings. The highest BCUT2D eigenvalue weighted by atomic mass is 32.2. The maximum atomic E-state index is 13.7. The van der Waals surface area contributed by atoms with Crippen LogP contribution in [0.15, 0.2) is 58.3 Å². The number of carbonyl (C=O) groups is 1. The third-order valence-electron chi connectivity index (χ3n) is 5.94. The second kappa shape index (κ2) is 13.2.